The van der Waals surface area contributed by atoms with Crippen LogP contribution in [0.2, 0.25) is 0 Å². The smallest absolute Gasteiger partial charge is 0.279 e. The minimum atomic E-state index is -3.42. The number of likely N-dealkylation sites (tertiary alicyclic amines) is 1. The number of nitrogens with one attached hydrogen (secondary N) is 1. The lowest BCUT2D eigenvalue weighted by Crippen LogP contribution is -2.49. The van der Waals surface area contributed by atoms with Crippen molar-refractivity contribution in [1.82, 2.24) is 13.9 Å². The molecule has 25 heavy (non-hydrogen) atoms. The topological polar surface area (TPSA) is 79.0 Å². The number of hydrogen-bond donors (Lipinski definition) is 1. The molecule has 1 saturated carbocycles. The van der Waals surface area contributed by atoms with E-state index in [0.717, 1.165) is 51.5 Å². The van der Waals surface area contributed by atoms with Crippen LogP contribution in [-0.4, -0.2) is 69.0 Å². The zero-order chi connectivity index (χ0) is 17.9. The van der Waals surface area contributed by atoms with E-state index in [9.17, 15) is 13.2 Å². The lowest BCUT2D eigenvalue weighted by Gasteiger charge is -2.39. The fraction of sp³-hybridized carbons (Fsp3) is 0.941. The number of rotatable bonds is 6. The van der Waals surface area contributed by atoms with Crippen molar-refractivity contribution in [3.8, 4) is 0 Å². The van der Waals surface area contributed by atoms with Crippen molar-refractivity contribution in [3.63, 3.8) is 0 Å². The molecular weight excluding hydrogens is 342 g/mol. The van der Waals surface area contributed by atoms with Crippen molar-refractivity contribution in [3.05, 3.63) is 0 Å². The maximum Gasteiger partial charge on any atom is 0.279 e. The normalized spacial score (nSPS) is 32.3. The molecule has 7 nitrogen and oxygen atoms in total. The quantitative estimate of drug-likeness (QED) is 0.757. The Labute approximate surface area is 151 Å². The average molecular weight is 374 g/mol. The molecule has 1 unspecified atom stereocenters. The molecule has 1 amide bonds. The minimum Gasteiger partial charge on any atom is -0.384 e. The molecule has 144 valence electrons. The van der Waals surface area contributed by atoms with E-state index < -0.39 is 10.2 Å². The monoisotopic (exact) mass is 373 g/mol. The van der Waals surface area contributed by atoms with Gasteiger partial charge in [0, 0.05) is 45.2 Å². The Kier molecular flexibility index (Phi) is 6.35. The van der Waals surface area contributed by atoms with Crippen LogP contribution in [0.25, 0.3) is 0 Å². The molecule has 0 spiro atoms. The molecule has 2 aliphatic heterocycles. The first kappa shape index (κ1) is 19.1. The summed E-state index contributed by atoms with van der Waals surface area (Å²) in [5.41, 5.74) is 0. The Morgan fingerprint density at radius 1 is 1.12 bits per heavy atom. The van der Waals surface area contributed by atoms with Gasteiger partial charge in [0.15, 0.2) is 0 Å². The molecule has 0 aromatic carbocycles. The van der Waals surface area contributed by atoms with Gasteiger partial charge in [0.25, 0.3) is 10.2 Å². The largest absolute Gasteiger partial charge is 0.384 e. The lowest BCUT2D eigenvalue weighted by atomic mass is 9.89. The second-order valence-corrected chi connectivity index (χ2v) is 9.34. The predicted molar refractivity (Wildman–Crippen MR) is 95.2 cm³/mol. The van der Waals surface area contributed by atoms with Gasteiger partial charge in [-0.2, -0.15) is 17.4 Å². The summed E-state index contributed by atoms with van der Waals surface area (Å²) < 4.78 is 34.8. The molecule has 3 fully saturated rings. The fourth-order valence-electron chi connectivity index (χ4n) is 4.39. The molecule has 0 aromatic rings. The molecule has 1 aliphatic carbocycles. The van der Waals surface area contributed by atoms with Crippen LogP contribution in [-0.2, 0) is 19.7 Å². The first-order chi connectivity index (χ1) is 12.0. The highest BCUT2D eigenvalue weighted by Crippen LogP contribution is 2.27. The third-order valence-corrected chi connectivity index (χ3v) is 7.45. The van der Waals surface area contributed by atoms with E-state index in [1.54, 1.807) is 11.4 Å². The maximum atomic E-state index is 12.6. The maximum absolute atomic E-state index is 12.6. The van der Waals surface area contributed by atoms with Crippen molar-refractivity contribution in [1.29, 1.82) is 0 Å². The molecule has 0 radical (unpaired) electrons. The van der Waals surface area contributed by atoms with Crippen LogP contribution in [0.3, 0.4) is 0 Å². The van der Waals surface area contributed by atoms with Gasteiger partial charge in [-0.3, -0.25) is 4.79 Å². The van der Waals surface area contributed by atoms with Crippen molar-refractivity contribution in [2.45, 2.75) is 63.5 Å². The summed E-state index contributed by atoms with van der Waals surface area (Å²) >= 11 is 0. The summed E-state index contributed by atoms with van der Waals surface area (Å²) in [6, 6.07) is 0.286. The highest BCUT2D eigenvalue weighted by atomic mass is 32.2. The van der Waals surface area contributed by atoms with Gasteiger partial charge < -0.3 is 9.64 Å². The fourth-order valence-corrected chi connectivity index (χ4v) is 5.95. The number of methoxy groups -OCH3 is 1. The number of piperidine rings is 1. The van der Waals surface area contributed by atoms with Crippen molar-refractivity contribution in [2.24, 2.45) is 5.92 Å². The van der Waals surface area contributed by atoms with Gasteiger partial charge in [-0.25, -0.2) is 0 Å². The van der Waals surface area contributed by atoms with Crippen LogP contribution in [0.4, 0.5) is 0 Å². The molecule has 0 bridgehead atoms. The highest BCUT2D eigenvalue weighted by Gasteiger charge is 2.35. The average Bonchev–Trinajstić information content (AvgIpc) is 3.06. The number of hydrogen-bond acceptors (Lipinski definition) is 4. The summed E-state index contributed by atoms with van der Waals surface area (Å²) in [6.45, 7) is 2.59. The molecule has 2 saturated heterocycles. The zero-order valence-corrected chi connectivity index (χ0v) is 16.0. The lowest BCUT2D eigenvalue weighted by molar-refractivity contribution is -0.136. The van der Waals surface area contributed by atoms with Gasteiger partial charge >= 0.3 is 0 Å². The van der Waals surface area contributed by atoms with Gasteiger partial charge in [0.2, 0.25) is 5.91 Å². The van der Waals surface area contributed by atoms with Crippen LogP contribution in [0.15, 0.2) is 0 Å². The minimum absolute atomic E-state index is 0.0115. The summed E-state index contributed by atoms with van der Waals surface area (Å²) in [6.07, 6.45) is 7.03. The standard InChI is InChI=1S/C17H31N3O4S/c1-24-13-14-9-11-19(12-14)25(22,23)18-15-5-7-16(8-6-15)20-10-3-2-4-17(20)21/h14-16,18H,2-13H2,1H3. The Morgan fingerprint density at radius 3 is 2.56 bits per heavy atom. The summed E-state index contributed by atoms with van der Waals surface area (Å²) in [5, 5.41) is 0. The van der Waals surface area contributed by atoms with Crippen LogP contribution in [0.5, 0.6) is 0 Å². The van der Waals surface area contributed by atoms with E-state index in [-0.39, 0.29) is 11.9 Å². The Bertz CT molecular complexity index is 560. The van der Waals surface area contributed by atoms with Gasteiger partial charge in [-0.05, 0) is 50.9 Å². The number of carbonyl (C=O) groups is 1. The molecular formula is C17H31N3O4S. The molecule has 1 atom stereocenters. The highest BCUT2D eigenvalue weighted by molar-refractivity contribution is 7.87. The Balaban J connectivity index is 1.47. The first-order valence-electron chi connectivity index (χ1n) is 9.55. The number of ether oxygens (including phenoxy) is 1. The third-order valence-electron chi connectivity index (χ3n) is 5.80. The van der Waals surface area contributed by atoms with E-state index in [0.29, 0.717) is 38.1 Å². The zero-order valence-electron chi connectivity index (χ0n) is 15.2. The summed E-state index contributed by atoms with van der Waals surface area (Å²) in [7, 11) is -1.76. The van der Waals surface area contributed by atoms with Crippen LogP contribution < -0.4 is 4.72 Å². The Hall–Kier alpha value is -0.700. The van der Waals surface area contributed by atoms with Gasteiger partial charge in [0.1, 0.15) is 0 Å². The van der Waals surface area contributed by atoms with Gasteiger partial charge in [-0.15, -0.1) is 0 Å². The van der Waals surface area contributed by atoms with Crippen molar-refractivity contribution >= 4 is 16.1 Å². The third kappa shape index (κ3) is 4.72. The van der Waals surface area contributed by atoms with E-state index in [4.69, 9.17) is 4.74 Å². The van der Waals surface area contributed by atoms with E-state index in [2.05, 4.69) is 4.72 Å². The number of amides is 1. The molecule has 3 aliphatic rings. The Morgan fingerprint density at radius 2 is 1.88 bits per heavy atom. The van der Waals surface area contributed by atoms with Crippen molar-refractivity contribution < 1.29 is 17.9 Å². The van der Waals surface area contributed by atoms with E-state index >= 15 is 0 Å². The molecule has 8 heteroatoms. The van der Waals surface area contributed by atoms with Crippen LogP contribution in [0, 0.1) is 5.92 Å². The molecule has 1 N–H and O–H groups in total. The predicted octanol–water partition coefficient (Wildman–Crippen LogP) is 1.11. The summed E-state index contributed by atoms with van der Waals surface area (Å²) in [4.78, 5) is 14.1. The van der Waals surface area contributed by atoms with Gasteiger partial charge in [0.05, 0.1) is 6.61 Å². The van der Waals surface area contributed by atoms with Crippen molar-refractivity contribution in [2.75, 3.05) is 33.4 Å². The molecule has 0 aromatic heterocycles. The van der Waals surface area contributed by atoms with Gasteiger partial charge in [-0.1, -0.05) is 0 Å². The SMILES string of the molecule is COCC1CCN(S(=O)(=O)NC2CCC(N3CCCCC3=O)CC2)C1. The second kappa shape index (κ2) is 8.33. The molecule has 2 heterocycles. The van der Waals surface area contributed by atoms with Crippen LogP contribution >= 0.6 is 0 Å². The van der Waals surface area contributed by atoms with E-state index in [1.807, 2.05) is 4.90 Å². The van der Waals surface area contributed by atoms with Crippen LogP contribution in [0.1, 0.15) is 51.4 Å². The number of nitrogens with zero attached hydrogens (tertiary/aromatic N) is 2. The first-order valence-corrected chi connectivity index (χ1v) is 11.0. The summed E-state index contributed by atoms with van der Waals surface area (Å²) in [5.74, 6) is 0.568. The second-order valence-electron chi connectivity index (χ2n) is 7.64. The molecule has 3 rings (SSSR count). The number of carbonyl (C=O) groups excluding carboxylic acids is 1. The van der Waals surface area contributed by atoms with E-state index in [1.165, 1.54) is 0 Å².